The van der Waals surface area contributed by atoms with Crippen molar-refractivity contribution in [1.29, 1.82) is 0 Å². The molecule has 5 nitrogen and oxygen atoms in total. The second-order valence-corrected chi connectivity index (χ2v) is 4.46. The lowest BCUT2D eigenvalue weighted by atomic mass is 9.99. The third kappa shape index (κ3) is 3.48. The number of nitrogens with one attached hydrogen (secondary N) is 1. The average molecular weight is 228 g/mol. The number of hydrogen-bond acceptors (Lipinski definition) is 3. The zero-order chi connectivity index (χ0) is 12.1. The predicted molar refractivity (Wildman–Crippen MR) is 60.0 cm³/mol. The number of likely N-dealkylation sites (tertiary alicyclic amines) is 1. The number of hydrogen-bond donors (Lipinski definition) is 2. The van der Waals surface area contributed by atoms with E-state index in [-0.39, 0.29) is 17.7 Å². The Hall–Kier alpha value is -1.10. The van der Waals surface area contributed by atoms with E-state index < -0.39 is 5.97 Å². The van der Waals surface area contributed by atoms with Crippen molar-refractivity contribution in [2.24, 2.45) is 11.8 Å². The molecule has 0 aliphatic carbocycles. The summed E-state index contributed by atoms with van der Waals surface area (Å²) < 4.78 is 0. The van der Waals surface area contributed by atoms with Crippen molar-refractivity contribution in [3.8, 4) is 0 Å². The van der Waals surface area contributed by atoms with Crippen LogP contribution in [0.2, 0.25) is 0 Å². The molecule has 0 saturated carbocycles. The highest BCUT2D eigenvalue weighted by Crippen LogP contribution is 2.23. The van der Waals surface area contributed by atoms with Crippen molar-refractivity contribution in [2.45, 2.75) is 19.8 Å². The normalized spacial score (nSPS) is 25.6. The van der Waals surface area contributed by atoms with Gasteiger partial charge in [-0.2, -0.15) is 0 Å². The molecule has 0 radical (unpaired) electrons. The Balaban J connectivity index is 2.25. The van der Waals surface area contributed by atoms with Crippen LogP contribution in [0.25, 0.3) is 0 Å². The molecule has 2 atom stereocenters. The molecule has 0 aromatic carbocycles. The van der Waals surface area contributed by atoms with Gasteiger partial charge in [-0.1, -0.05) is 6.92 Å². The summed E-state index contributed by atoms with van der Waals surface area (Å²) in [6.07, 6.45) is 1.30. The molecular formula is C11H20N2O3. The van der Waals surface area contributed by atoms with E-state index in [2.05, 4.69) is 10.2 Å². The van der Waals surface area contributed by atoms with Gasteiger partial charge in [0.05, 0.1) is 5.92 Å². The first-order valence-electron chi connectivity index (χ1n) is 5.70. The summed E-state index contributed by atoms with van der Waals surface area (Å²) in [6, 6.07) is 0. The summed E-state index contributed by atoms with van der Waals surface area (Å²) in [4.78, 5) is 24.0. The Kier molecular flexibility index (Phi) is 4.73. The average Bonchev–Trinajstić information content (AvgIpc) is 2.59. The van der Waals surface area contributed by atoms with Gasteiger partial charge in [0.1, 0.15) is 0 Å². The Bertz CT molecular complexity index is 268. The maximum atomic E-state index is 11.0. The second kappa shape index (κ2) is 5.84. The highest BCUT2D eigenvalue weighted by molar-refractivity contribution is 5.75. The number of carbonyl (C=O) groups excluding carboxylic acids is 1. The van der Waals surface area contributed by atoms with Crippen molar-refractivity contribution in [2.75, 3.05) is 26.7 Å². The first-order valence-corrected chi connectivity index (χ1v) is 5.70. The first-order chi connectivity index (χ1) is 7.54. The number of amides is 1. The van der Waals surface area contributed by atoms with Gasteiger partial charge in [0.15, 0.2) is 0 Å². The molecule has 1 aliphatic heterocycles. The number of carboxylic acids is 1. The second-order valence-electron chi connectivity index (χ2n) is 4.46. The minimum atomic E-state index is -0.707. The van der Waals surface area contributed by atoms with Gasteiger partial charge in [-0.15, -0.1) is 0 Å². The van der Waals surface area contributed by atoms with Crippen molar-refractivity contribution in [3.05, 3.63) is 0 Å². The van der Waals surface area contributed by atoms with E-state index >= 15 is 0 Å². The van der Waals surface area contributed by atoms with Crippen LogP contribution >= 0.6 is 0 Å². The lowest BCUT2D eigenvalue weighted by molar-refractivity contribution is -0.142. The molecule has 1 aliphatic rings. The molecule has 0 aromatic rings. The molecule has 2 N–H and O–H groups in total. The molecule has 1 heterocycles. The van der Waals surface area contributed by atoms with Crippen LogP contribution < -0.4 is 5.32 Å². The molecule has 1 fully saturated rings. The van der Waals surface area contributed by atoms with Gasteiger partial charge >= 0.3 is 5.97 Å². The van der Waals surface area contributed by atoms with Gasteiger partial charge in [0.25, 0.3) is 0 Å². The van der Waals surface area contributed by atoms with Gasteiger partial charge < -0.3 is 15.3 Å². The summed E-state index contributed by atoms with van der Waals surface area (Å²) in [5.74, 6) is -0.708. The Morgan fingerprint density at radius 3 is 2.62 bits per heavy atom. The monoisotopic (exact) mass is 228 g/mol. The summed E-state index contributed by atoms with van der Waals surface area (Å²) in [5.41, 5.74) is 0. The summed E-state index contributed by atoms with van der Waals surface area (Å²) in [5, 5.41) is 11.5. The number of carboxylic acid groups (broad SMARTS) is 1. The van der Waals surface area contributed by atoms with Gasteiger partial charge in [-0.05, 0) is 18.9 Å². The summed E-state index contributed by atoms with van der Waals surface area (Å²) in [6.45, 7) is 4.22. The number of carbonyl (C=O) groups is 2. The summed E-state index contributed by atoms with van der Waals surface area (Å²) >= 11 is 0. The third-order valence-electron chi connectivity index (χ3n) is 3.16. The predicted octanol–water partition coefficient (Wildman–Crippen LogP) is 0.165. The summed E-state index contributed by atoms with van der Waals surface area (Å²) in [7, 11) is 1.63. The van der Waals surface area contributed by atoms with Crippen molar-refractivity contribution < 1.29 is 14.7 Å². The number of nitrogens with zero attached hydrogens (tertiary/aromatic N) is 1. The maximum absolute atomic E-state index is 11.0. The molecule has 0 aromatic heterocycles. The maximum Gasteiger partial charge on any atom is 0.308 e. The van der Waals surface area contributed by atoms with Crippen LogP contribution in [-0.2, 0) is 9.59 Å². The van der Waals surface area contributed by atoms with E-state index in [1.54, 1.807) is 7.05 Å². The van der Waals surface area contributed by atoms with E-state index in [4.69, 9.17) is 5.11 Å². The van der Waals surface area contributed by atoms with E-state index in [9.17, 15) is 9.59 Å². The molecule has 16 heavy (non-hydrogen) atoms. The molecule has 1 saturated heterocycles. The number of rotatable bonds is 5. The smallest absolute Gasteiger partial charge is 0.308 e. The van der Waals surface area contributed by atoms with Gasteiger partial charge in [0, 0.05) is 26.6 Å². The molecule has 1 rings (SSSR count). The molecule has 92 valence electrons. The highest BCUT2D eigenvalue weighted by atomic mass is 16.4. The van der Waals surface area contributed by atoms with Crippen LogP contribution in [0.5, 0.6) is 0 Å². The highest BCUT2D eigenvalue weighted by Gasteiger charge is 2.34. The minimum absolute atomic E-state index is 0.0435. The fourth-order valence-corrected chi connectivity index (χ4v) is 2.16. The van der Waals surface area contributed by atoms with Crippen LogP contribution in [0.4, 0.5) is 0 Å². The van der Waals surface area contributed by atoms with Crippen molar-refractivity contribution in [1.82, 2.24) is 10.2 Å². The van der Waals surface area contributed by atoms with Crippen LogP contribution in [-0.4, -0.2) is 48.6 Å². The van der Waals surface area contributed by atoms with Crippen LogP contribution in [0.15, 0.2) is 0 Å². The van der Waals surface area contributed by atoms with E-state index in [0.29, 0.717) is 13.0 Å². The third-order valence-corrected chi connectivity index (χ3v) is 3.16. The standard InChI is InChI=1S/C11H20N2O3/c1-8-6-13(7-9(8)11(15)16)5-3-4-10(14)12-2/h8-9H,3-7H2,1-2H3,(H,12,14)(H,15,16). The van der Waals surface area contributed by atoms with E-state index in [0.717, 1.165) is 19.5 Å². The van der Waals surface area contributed by atoms with E-state index in [1.165, 1.54) is 0 Å². The van der Waals surface area contributed by atoms with Crippen molar-refractivity contribution in [3.63, 3.8) is 0 Å². The SMILES string of the molecule is CNC(=O)CCCN1CC(C)C(C(=O)O)C1. The van der Waals surface area contributed by atoms with Gasteiger partial charge in [-0.25, -0.2) is 0 Å². The molecule has 2 unspecified atom stereocenters. The lowest BCUT2D eigenvalue weighted by Gasteiger charge is -2.14. The molecule has 0 spiro atoms. The largest absolute Gasteiger partial charge is 0.481 e. The Morgan fingerprint density at radius 2 is 2.12 bits per heavy atom. The minimum Gasteiger partial charge on any atom is -0.481 e. The molecule has 0 bridgehead atoms. The Morgan fingerprint density at radius 1 is 1.44 bits per heavy atom. The topological polar surface area (TPSA) is 69.6 Å². The fourth-order valence-electron chi connectivity index (χ4n) is 2.16. The fraction of sp³-hybridized carbons (Fsp3) is 0.818. The van der Waals surface area contributed by atoms with Crippen molar-refractivity contribution >= 4 is 11.9 Å². The zero-order valence-electron chi connectivity index (χ0n) is 9.90. The lowest BCUT2D eigenvalue weighted by Crippen LogP contribution is -2.26. The van der Waals surface area contributed by atoms with Gasteiger partial charge in [-0.3, -0.25) is 9.59 Å². The molecular weight excluding hydrogens is 208 g/mol. The first kappa shape index (κ1) is 13.0. The Labute approximate surface area is 95.8 Å². The van der Waals surface area contributed by atoms with Gasteiger partial charge in [0.2, 0.25) is 5.91 Å². The van der Waals surface area contributed by atoms with Crippen LogP contribution in [0.1, 0.15) is 19.8 Å². The number of aliphatic carboxylic acids is 1. The molecule has 1 amide bonds. The quantitative estimate of drug-likeness (QED) is 0.703. The zero-order valence-corrected chi connectivity index (χ0v) is 9.90. The van der Waals surface area contributed by atoms with Crippen LogP contribution in [0, 0.1) is 11.8 Å². The van der Waals surface area contributed by atoms with Crippen LogP contribution in [0.3, 0.4) is 0 Å². The molecule has 5 heteroatoms. The van der Waals surface area contributed by atoms with E-state index in [1.807, 2.05) is 6.92 Å².